The van der Waals surface area contributed by atoms with Crippen LogP contribution in [-0.2, 0) is 4.74 Å². The van der Waals surface area contributed by atoms with E-state index in [1.165, 1.54) is 24.1 Å². The quantitative estimate of drug-likeness (QED) is 0.656. The zero-order valence-corrected chi connectivity index (χ0v) is 17.1. The third-order valence-corrected chi connectivity index (χ3v) is 5.26. The molecule has 2 aromatic rings. The van der Waals surface area contributed by atoms with Gasteiger partial charge in [-0.05, 0) is 26.0 Å². The molecule has 2 heterocycles. The molecule has 3 atom stereocenters. The van der Waals surface area contributed by atoms with Gasteiger partial charge in [-0.15, -0.1) is 0 Å². The zero-order valence-electron chi connectivity index (χ0n) is 14.8. The fourth-order valence-electron chi connectivity index (χ4n) is 2.77. The van der Waals surface area contributed by atoms with Crippen molar-refractivity contribution in [3.8, 4) is 0 Å². The van der Waals surface area contributed by atoms with Crippen LogP contribution in [0.2, 0.25) is 15.1 Å². The molecule has 0 saturated carbocycles. The number of nitrogens with zero attached hydrogens (tertiary/aromatic N) is 3. The van der Waals surface area contributed by atoms with E-state index >= 15 is 0 Å². The minimum Gasteiger partial charge on any atom is -0.447 e. The van der Waals surface area contributed by atoms with Gasteiger partial charge in [0, 0.05) is 5.56 Å². The fourth-order valence-corrected chi connectivity index (χ4v) is 3.28. The van der Waals surface area contributed by atoms with Crippen molar-refractivity contribution in [2.75, 3.05) is 16.8 Å². The predicted octanol–water partition coefficient (Wildman–Crippen LogP) is 4.46. The molecule has 1 fully saturated rings. The second kappa shape index (κ2) is 8.24. The summed E-state index contributed by atoms with van der Waals surface area (Å²) in [6, 6.07) is 1.33. The summed E-state index contributed by atoms with van der Waals surface area (Å²) >= 11 is 17.9. The van der Waals surface area contributed by atoms with Crippen molar-refractivity contribution < 1.29 is 19.0 Å². The second-order valence-corrected chi connectivity index (χ2v) is 7.50. The van der Waals surface area contributed by atoms with Crippen molar-refractivity contribution in [2.24, 2.45) is 0 Å². The SMILES string of the molecule is C[C@H](Nc1ncc(Cl)c(N2C(=O)OC[C@@H]2[C@@H](C)O)n1)c1cc(Cl)c(Cl)cc1F. The van der Waals surface area contributed by atoms with Crippen LogP contribution in [0.3, 0.4) is 0 Å². The van der Waals surface area contributed by atoms with E-state index in [0.717, 1.165) is 6.07 Å². The maximum Gasteiger partial charge on any atom is 0.416 e. The minimum atomic E-state index is -0.863. The molecule has 1 amide bonds. The number of aromatic nitrogens is 2. The second-order valence-electron chi connectivity index (χ2n) is 6.27. The highest BCUT2D eigenvalue weighted by molar-refractivity contribution is 6.42. The van der Waals surface area contributed by atoms with Crippen LogP contribution in [0.5, 0.6) is 0 Å². The van der Waals surface area contributed by atoms with Gasteiger partial charge in [-0.3, -0.25) is 4.90 Å². The number of amides is 1. The molecule has 7 nitrogen and oxygen atoms in total. The van der Waals surface area contributed by atoms with Crippen LogP contribution >= 0.6 is 34.8 Å². The van der Waals surface area contributed by atoms with Crippen LogP contribution in [0.15, 0.2) is 18.3 Å². The van der Waals surface area contributed by atoms with Gasteiger partial charge in [0.15, 0.2) is 5.82 Å². The highest BCUT2D eigenvalue weighted by atomic mass is 35.5. The Balaban J connectivity index is 1.90. The molecule has 3 rings (SSSR count). The normalized spacial score (nSPS) is 18.8. The van der Waals surface area contributed by atoms with E-state index in [0.29, 0.717) is 0 Å². The van der Waals surface area contributed by atoms with Gasteiger partial charge >= 0.3 is 6.09 Å². The molecule has 0 radical (unpaired) electrons. The number of hydrogen-bond donors (Lipinski definition) is 2. The van der Waals surface area contributed by atoms with Crippen LogP contribution in [0.4, 0.5) is 21.0 Å². The van der Waals surface area contributed by atoms with Crippen LogP contribution in [0.25, 0.3) is 0 Å². The van der Waals surface area contributed by atoms with Crippen molar-refractivity contribution in [1.29, 1.82) is 0 Å². The van der Waals surface area contributed by atoms with E-state index in [9.17, 15) is 14.3 Å². The number of hydrogen-bond acceptors (Lipinski definition) is 6. The number of aliphatic hydroxyl groups is 1. The predicted molar refractivity (Wildman–Crippen MR) is 105 cm³/mol. The third-order valence-electron chi connectivity index (χ3n) is 4.27. The molecule has 28 heavy (non-hydrogen) atoms. The molecular formula is C17H16Cl3FN4O3. The molecular weight excluding hydrogens is 434 g/mol. The summed E-state index contributed by atoms with van der Waals surface area (Å²) < 4.78 is 19.2. The van der Waals surface area contributed by atoms with Crippen LogP contribution < -0.4 is 10.2 Å². The van der Waals surface area contributed by atoms with Crippen molar-refractivity contribution in [2.45, 2.75) is 32.0 Å². The number of rotatable bonds is 5. The Kier molecular flexibility index (Phi) is 6.14. The van der Waals surface area contributed by atoms with Crippen molar-refractivity contribution in [3.05, 3.63) is 44.8 Å². The lowest BCUT2D eigenvalue weighted by atomic mass is 10.1. The minimum absolute atomic E-state index is 0.00445. The number of halogens is 4. The molecule has 0 spiro atoms. The number of carbonyl (C=O) groups is 1. The molecule has 150 valence electrons. The van der Waals surface area contributed by atoms with Gasteiger partial charge in [-0.25, -0.2) is 14.2 Å². The first-order valence-corrected chi connectivity index (χ1v) is 9.40. The lowest BCUT2D eigenvalue weighted by Crippen LogP contribution is -2.41. The summed E-state index contributed by atoms with van der Waals surface area (Å²) in [7, 11) is 0. The summed E-state index contributed by atoms with van der Waals surface area (Å²) in [4.78, 5) is 21.6. The Bertz CT molecular complexity index is 915. The van der Waals surface area contributed by atoms with Gasteiger partial charge in [-0.2, -0.15) is 4.98 Å². The summed E-state index contributed by atoms with van der Waals surface area (Å²) in [5.74, 6) is -0.364. The number of benzene rings is 1. The molecule has 1 aliphatic rings. The highest BCUT2D eigenvalue weighted by Crippen LogP contribution is 2.32. The molecule has 0 bridgehead atoms. The third kappa shape index (κ3) is 4.10. The highest BCUT2D eigenvalue weighted by Gasteiger charge is 2.39. The van der Waals surface area contributed by atoms with Crippen molar-refractivity contribution >= 4 is 52.7 Å². The van der Waals surface area contributed by atoms with Crippen molar-refractivity contribution in [3.63, 3.8) is 0 Å². The van der Waals surface area contributed by atoms with Crippen LogP contribution in [0.1, 0.15) is 25.5 Å². The summed E-state index contributed by atoms with van der Waals surface area (Å²) in [5, 5.41) is 13.2. The molecule has 1 saturated heterocycles. The topological polar surface area (TPSA) is 87.6 Å². The van der Waals surface area contributed by atoms with Crippen LogP contribution in [0, 0.1) is 5.82 Å². The monoisotopic (exact) mass is 448 g/mol. The van der Waals surface area contributed by atoms with Gasteiger partial charge in [0.1, 0.15) is 23.5 Å². The van der Waals surface area contributed by atoms with E-state index in [4.69, 9.17) is 39.5 Å². The fraction of sp³-hybridized carbons (Fsp3) is 0.353. The van der Waals surface area contributed by atoms with E-state index in [1.54, 1.807) is 6.92 Å². The van der Waals surface area contributed by atoms with Crippen LogP contribution in [-0.4, -0.2) is 39.9 Å². The average molecular weight is 450 g/mol. The first-order valence-electron chi connectivity index (χ1n) is 8.26. The van der Waals surface area contributed by atoms with Gasteiger partial charge in [0.2, 0.25) is 5.95 Å². The maximum atomic E-state index is 14.2. The van der Waals surface area contributed by atoms with E-state index < -0.39 is 30.1 Å². The van der Waals surface area contributed by atoms with Gasteiger partial charge in [0.05, 0.1) is 28.4 Å². The summed E-state index contributed by atoms with van der Waals surface area (Å²) in [6.07, 6.45) is -0.242. The number of cyclic esters (lactones) is 1. The number of nitrogens with one attached hydrogen (secondary N) is 1. The Morgan fingerprint density at radius 1 is 1.29 bits per heavy atom. The Hall–Kier alpha value is -1.87. The summed E-state index contributed by atoms with van der Waals surface area (Å²) in [5.41, 5.74) is 0.261. The molecule has 0 unspecified atom stereocenters. The number of anilines is 2. The lowest BCUT2D eigenvalue weighted by Gasteiger charge is -2.24. The standard InChI is InChI=1S/C17H16Cl3FN4O3/c1-7(9-3-10(18)11(19)4-13(9)21)23-16-22-5-12(20)15(24-16)25-14(8(2)26)6-28-17(25)27/h3-5,7-8,14,26H,6H2,1-2H3,(H,22,23,24)/t7-,8+,14+/m0/s1. The van der Waals surface area contributed by atoms with Gasteiger partial charge < -0.3 is 15.2 Å². The maximum absolute atomic E-state index is 14.2. The van der Waals surface area contributed by atoms with E-state index in [2.05, 4.69) is 15.3 Å². The largest absolute Gasteiger partial charge is 0.447 e. The Morgan fingerprint density at radius 2 is 1.96 bits per heavy atom. The number of aliphatic hydroxyl groups excluding tert-OH is 1. The molecule has 1 aliphatic heterocycles. The molecule has 1 aromatic heterocycles. The van der Waals surface area contributed by atoms with Gasteiger partial charge in [-0.1, -0.05) is 34.8 Å². The lowest BCUT2D eigenvalue weighted by molar-refractivity contribution is 0.142. The van der Waals surface area contributed by atoms with E-state index in [-0.39, 0.29) is 39.0 Å². The molecule has 2 N–H and O–H groups in total. The first kappa shape index (κ1) is 20.9. The zero-order chi connectivity index (χ0) is 20.6. The van der Waals surface area contributed by atoms with E-state index in [1.807, 2.05) is 0 Å². The number of carbonyl (C=O) groups excluding carboxylic acids is 1. The smallest absolute Gasteiger partial charge is 0.416 e. The van der Waals surface area contributed by atoms with Crippen molar-refractivity contribution in [1.82, 2.24) is 9.97 Å². The van der Waals surface area contributed by atoms with Gasteiger partial charge in [0.25, 0.3) is 0 Å². The Morgan fingerprint density at radius 3 is 2.64 bits per heavy atom. The summed E-state index contributed by atoms with van der Waals surface area (Å²) in [6.45, 7) is 3.22. The molecule has 0 aliphatic carbocycles. The molecule has 11 heteroatoms. The Labute approximate surface area is 175 Å². The molecule has 1 aromatic carbocycles. The number of ether oxygens (including phenoxy) is 1. The first-order chi connectivity index (χ1) is 13.2. The average Bonchev–Trinajstić information content (AvgIpc) is 3.01.